The highest BCUT2D eigenvalue weighted by atomic mass is 127. The molecule has 0 aliphatic carbocycles. The molecular weight excluding hydrogens is 377 g/mol. The molecule has 0 saturated heterocycles. The molecule has 0 spiro atoms. The SMILES string of the molecule is O=C(O)c1cc(I)ccc1Oc1cncc2nnnn12. The van der Waals surface area contributed by atoms with E-state index < -0.39 is 5.97 Å². The van der Waals surface area contributed by atoms with Gasteiger partial charge < -0.3 is 9.84 Å². The standard InChI is InChI=1S/C11H6IN5O3/c12-6-1-2-8(7(3-6)11(18)19)20-10-5-13-4-9-14-15-16-17(9)10/h1-5H,(H,18,19). The van der Waals surface area contributed by atoms with Crippen molar-refractivity contribution in [2.24, 2.45) is 0 Å². The molecule has 0 atom stereocenters. The molecular formula is C11H6IN5O3. The van der Waals surface area contributed by atoms with Gasteiger partial charge in [-0.3, -0.25) is 4.98 Å². The number of rotatable bonds is 3. The van der Waals surface area contributed by atoms with Crippen LogP contribution < -0.4 is 4.74 Å². The monoisotopic (exact) mass is 383 g/mol. The van der Waals surface area contributed by atoms with Gasteiger partial charge in [0.2, 0.25) is 11.5 Å². The van der Waals surface area contributed by atoms with Crippen molar-refractivity contribution in [1.82, 2.24) is 25.0 Å². The van der Waals surface area contributed by atoms with Gasteiger partial charge in [-0.2, -0.15) is 4.52 Å². The summed E-state index contributed by atoms with van der Waals surface area (Å²) in [6, 6.07) is 4.84. The number of tetrazole rings is 1. The first kappa shape index (κ1) is 12.7. The van der Waals surface area contributed by atoms with E-state index in [2.05, 4.69) is 20.5 Å². The van der Waals surface area contributed by atoms with Crippen molar-refractivity contribution in [3.8, 4) is 11.6 Å². The van der Waals surface area contributed by atoms with Gasteiger partial charge in [-0.1, -0.05) is 0 Å². The molecule has 100 valence electrons. The normalized spacial score (nSPS) is 10.7. The maximum atomic E-state index is 11.2. The number of carboxylic acid groups (broad SMARTS) is 1. The molecule has 0 saturated carbocycles. The van der Waals surface area contributed by atoms with Crippen molar-refractivity contribution in [1.29, 1.82) is 0 Å². The lowest BCUT2D eigenvalue weighted by Crippen LogP contribution is -2.03. The third-order valence-electron chi connectivity index (χ3n) is 2.46. The van der Waals surface area contributed by atoms with Gasteiger partial charge in [0, 0.05) is 3.57 Å². The number of hydrogen-bond donors (Lipinski definition) is 1. The molecule has 8 nitrogen and oxygen atoms in total. The van der Waals surface area contributed by atoms with Crippen molar-refractivity contribution in [3.05, 3.63) is 39.7 Å². The van der Waals surface area contributed by atoms with Gasteiger partial charge >= 0.3 is 5.97 Å². The number of carbonyl (C=O) groups is 1. The van der Waals surface area contributed by atoms with E-state index >= 15 is 0 Å². The van der Waals surface area contributed by atoms with Gasteiger partial charge in [0.1, 0.15) is 11.3 Å². The Labute approximate surface area is 125 Å². The second-order valence-corrected chi connectivity index (χ2v) is 4.99. The maximum Gasteiger partial charge on any atom is 0.339 e. The van der Waals surface area contributed by atoms with Crippen molar-refractivity contribution < 1.29 is 14.6 Å². The maximum absolute atomic E-state index is 11.2. The minimum Gasteiger partial charge on any atom is -0.478 e. The van der Waals surface area contributed by atoms with E-state index in [-0.39, 0.29) is 17.2 Å². The van der Waals surface area contributed by atoms with Crippen LogP contribution in [0.5, 0.6) is 11.6 Å². The average molecular weight is 383 g/mol. The largest absolute Gasteiger partial charge is 0.478 e. The Balaban J connectivity index is 2.07. The smallest absolute Gasteiger partial charge is 0.339 e. The van der Waals surface area contributed by atoms with Gasteiger partial charge in [0.15, 0.2) is 0 Å². The first-order valence-electron chi connectivity index (χ1n) is 5.38. The summed E-state index contributed by atoms with van der Waals surface area (Å²) in [4.78, 5) is 15.2. The van der Waals surface area contributed by atoms with Crippen LogP contribution in [0.4, 0.5) is 0 Å². The number of carboxylic acids is 1. The highest BCUT2D eigenvalue weighted by molar-refractivity contribution is 14.1. The van der Waals surface area contributed by atoms with Crippen molar-refractivity contribution in [2.45, 2.75) is 0 Å². The minimum atomic E-state index is -1.07. The lowest BCUT2D eigenvalue weighted by atomic mass is 10.2. The number of nitrogens with zero attached hydrogens (tertiary/aromatic N) is 5. The molecule has 0 radical (unpaired) electrons. The summed E-state index contributed by atoms with van der Waals surface area (Å²) in [5.41, 5.74) is 0.465. The van der Waals surface area contributed by atoms with Crippen LogP contribution in [0.3, 0.4) is 0 Å². The van der Waals surface area contributed by atoms with Crippen LogP contribution in [0.1, 0.15) is 10.4 Å². The number of aromatic nitrogens is 5. The second kappa shape index (κ2) is 5.00. The number of fused-ring (bicyclic) bond motifs is 1. The number of ether oxygens (including phenoxy) is 1. The van der Waals surface area contributed by atoms with E-state index in [0.717, 1.165) is 3.57 Å². The fraction of sp³-hybridized carbons (Fsp3) is 0. The lowest BCUT2D eigenvalue weighted by Gasteiger charge is -2.08. The molecule has 0 aliphatic heterocycles. The molecule has 0 amide bonds. The van der Waals surface area contributed by atoms with Crippen LogP contribution in [0.2, 0.25) is 0 Å². The first-order valence-corrected chi connectivity index (χ1v) is 6.46. The molecule has 20 heavy (non-hydrogen) atoms. The van der Waals surface area contributed by atoms with Crippen molar-refractivity contribution >= 4 is 34.2 Å². The van der Waals surface area contributed by atoms with Gasteiger partial charge in [-0.25, -0.2) is 4.79 Å². The Morgan fingerprint density at radius 3 is 3.00 bits per heavy atom. The second-order valence-electron chi connectivity index (χ2n) is 3.74. The Kier molecular flexibility index (Phi) is 3.18. The van der Waals surface area contributed by atoms with E-state index in [4.69, 9.17) is 4.74 Å². The topological polar surface area (TPSA) is 102 Å². The van der Waals surface area contributed by atoms with Crippen LogP contribution in [0.25, 0.3) is 5.65 Å². The summed E-state index contributed by atoms with van der Waals surface area (Å²) in [6.45, 7) is 0. The number of benzene rings is 1. The fourth-order valence-electron chi connectivity index (χ4n) is 1.59. The first-order chi connectivity index (χ1) is 9.65. The summed E-state index contributed by atoms with van der Waals surface area (Å²) in [6.07, 6.45) is 2.88. The van der Waals surface area contributed by atoms with Gasteiger partial charge in [-0.05, 0) is 51.2 Å². The molecule has 2 aromatic heterocycles. The zero-order chi connectivity index (χ0) is 14.1. The molecule has 0 fully saturated rings. The lowest BCUT2D eigenvalue weighted by molar-refractivity contribution is 0.0694. The predicted molar refractivity (Wildman–Crippen MR) is 74.8 cm³/mol. The van der Waals surface area contributed by atoms with Crippen molar-refractivity contribution in [2.75, 3.05) is 0 Å². The highest BCUT2D eigenvalue weighted by Crippen LogP contribution is 2.26. The molecule has 2 heterocycles. The molecule has 3 rings (SSSR count). The summed E-state index contributed by atoms with van der Waals surface area (Å²) in [5, 5.41) is 20.2. The van der Waals surface area contributed by atoms with E-state index in [0.29, 0.717) is 5.65 Å². The van der Waals surface area contributed by atoms with Gasteiger partial charge in [0.05, 0.1) is 12.4 Å². The Bertz CT molecular complexity index is 804. The number of halogens is 1. The molecule has 0 bridgehead atoms. The van der Waals surface area contributed by atoms with Crippen molar-refractivity contribution in [3.63, 3.8) is 0 Å². The number of hydrogen-bond acceptors (Lipinski definition) is 6. The molecule has 1 N–H and O–H groups in total. The third kappa shape index (κ3) is 2.27. The van der Waals surface area contributed by atoms with Crippen LogP contribution >= 0.6 is 22.6 Å². The van der Waals surface area contributed by atoms with E-state index in [1.165, 1.54) is 23.0 Å². The van der Waals surface area contributed by atoms with E-state index in [9.17, 15) is 9.90 Å². The quantitative estimate of drug-likeness (QED) is 0.686. The van der Waals surface area contributed by atoms with Crippen LogP contribution in [0.15, 0.2) is 30.6 Å². The Morgan fingerprint density at radius 2 is 2.20 bits per heavy atom. The van der Waals surface area contributed by atoms with Crippen LogP contribution in [-0.4, -0.2) is 36.1 Å². The highest BCUT2D eigenvalue weighted by Gasteiger charge is 2.14. The fourth-order valence-corrected chi connectivity index (χ4v) is 2.09. The van der Waals surface area contributed by atoms with E-state index in [1.54, 1.807) is 12.1 Å². The Hall–Kier alpha value is -2.30. The molecule has 9 heteroatoms. The minimum absolute atomic E-state index is 0.0574. The van der Waals surface area contributed by atoms with Crippen LogP contribution in [0, 0.1) is 3.57 Å². The average Bonchev–Trinajstić information content (AvgIpc) is 2.90. The Morgan fingerprint density at radius 1 is 1.35 bits per heavy atom. The van der Waals surface area contributed by atoms with Crippen LogP contribution in [-0.2, 0) is 0 Å². The molecule has 1 aromatic carbocycles. The zero-order valence-corrected chi connectivity index (χ0v) is 11.9. The zero-order valence-electron chi connectivity index (χ0n) is 9.76. The summed E-state index contributed by atoms with van der Waals surface area (Å²) < 4.78 is 7.70. The van der Waals surface area contributed by atoms with Gasteiger partial charge in [0.25, 0.3) is 0 Å². The molecule has 3 aromatic rings. The third-order valence-corrected chi connectivity index (χ3v) is 3.13. The van der Waals surface area contributed by atoms with Gasteiger partial charge in [-0.15, -0.1) is 5.10 Å². The summed E-state index contributed by atoms with van der Waals surface area (Å²) in [5.74, 6) is -0.644. The summed E-state index contributed by atoms with van der Waals surface area (Å²) in [7, 11) is 0. The molecule has 0 unspecified atom stereocenters. The molecule has 0 aliphatic rings. The predicted octanol–water partition coefficient (Wildman–Crippen LogP) is 1.61. The number of aromatic carboxylic acids is 1. The van der Waals surface area contributed by atoms with E-state index in [1.807, 2.05) is 22.6 Å². The summed E-state index contributed by atoms with van der Waals surface area (Å²) >= 11 is 2.03.